The summed E-state index contributed by atoms with van der Waals surface area (Å²) in [6.45, 7) is 5.35. The highest BCUT2D eigenvalue weighted by Crippen LogP contribution is 2.19. The van der Waals surface area contributed by atoms with Crippen molar-refractivity contribution in [3.63, 3.8) is 0 Å². The van der Waals surface area contributed by atoms with Gasteiger partial charge in [-0.15, -0.1) is 0 Å². The average Bonchev–Trinajstić information content (AvgIpc) is 3.00. The Labute approximate surface area is 120 Å². The molecule has 3 N–H and O–H groups in total. The molecular weight excluding hydrogens is 254 g/mol. The molecule has 1 atom stereocenters. The van der Waals surface area contributed by atoms with Crippen LogP contribution in [0.15, 0.2) is 24.3 Å². The lowest BCUT2D eigenvalue weighted by Gasteiger charge is -2.22. The molecule has 0 bridgehead atoms. The summed E-state index contributed by atoms with van der Waals surface area (Å²) < 4.78 is 0. The van der Waals surface area contributed by atoms with E-state index in [4.69, 9.17) is 5.11 Å². The molecule has 20 heavy (non-hydrogen) atoms. The molecule has 1 saturated heterocycles. The summed E-state index contributed by atoms with van der Waals surface area (Å²) in [7, 11) is 0. The zero-order chi connectivity index (χ0) is 14.4. The summed E-state index contributed by atoms with van der Waals surface area (Å²) in [4.78, 5) is 14.1. The second-order valence-corrected chi connectivity index (χ2v) is 5.03. The maximum absolute atomic E-state index is 12.0. The first-order valence-electron chi connectivity index (χ1n) is 7.22. The third kappa shape index (κ3) is 3.71. The van der Waals surface area contributed by atoms with Crippen LogP contribution in [0.25, 0.3) is 0 Å². The maximum Gasteiger partial charge on any atom is 0.228 e. The Bertz CT molecular complexity index is 427. The average molecular weight is 277 g/mol. The molecule has 1 aromatic carbocycles. The number of likely N-dealkylation sites (N-methyl/N-ethyl adjacent to an activating group) is 1. The minimum atomic E-state index is 0.0798. The third-order valence-corrected chi connectivity index (χ3v) is 3.68. The number of nitrogens with one attached hydrogen (secondary N) is 2. The number of aliphatic hydroxyl groups is 1. The van der Waals surface area contributed by atoms with Gasteiger partial charge >= 0.3 is 0 Å². The van der Waals surface area contributed by atoms with Gasteiger partial charge in [0.05, 0.1) is 12.5 Å². The third-order valence-electron chi connectivity index (χ3n) is 3.68. The molecule has 0 aliphatic carbocycles. The Kier molecular flexibility index (Phi) is 5.38. The number of hydrogen-bond donors (Lipinski definition) is 3. The highest BCUT2D eigenvalue weighted by Gasteiger charge is 2.22. The van der Waals surface area contributed by atoms with E-state index in [2.05, 4.69) is 22.5 Å². The molecule has 1 amide bonds. The number of benzene rings is 1. The van der Waals surface area contributed by atoms with E-state index >= 15 is 0 Å². The van der Waals surface area contributed by atoms with Gasteiger partial charge in [0.15, 0.2) is 0 Å². The molecule has 110 valence electrons. The van der Waals surface area contributed by atoms with Gasteiger partial charge in [0.2, 0.25) is 5.91 Å². The molecular formula is C15H23N3O2. The summed E-state index contributed by atoms with van der Waals surface area (Å²) in [6.07, 6.45) is 0.907. The molecule has 0 radical (unpaired) electrons. The van der Waals surface area contributed by atoms with Gasteiger partial charge in [-0.2, -0.15) is 0 Å². The molecule has 1 aliphatic heterocycles. The van der Waals surface area contributed by atoms with Crippen LogP contribution in [-0.4, -0.2) is 43.8 Å². The molecule has 5 nitrogen and oxygen atoms in total. The van der Waals surface area contributed by atoms with E-state index in [0.717, 1.165) is 37.4 Å². The minimum absolute atomic E-state index is 0.0798. The van der Waals surface area contributed by atoms with Crippen molar-refractivity contribution >= 4 is 17.3 Å². The smallest absolute Gasteiger partial charge is 0.228 e. The van der Waals surface area contributed by atoms with E-state index in [1.807, 2.05) is 24.3 Å². The summed E-state index contributed by atoms with van der Waals surface area (Å²) in [5.74, 6) is 0.168. The van der Waals surface area contributed by atoms with Crippen molar-refractivity contribution < 1.29 is 9.90 Å². The van der Waals surface area contributed by atoms with Crippen molar-refractivity contribution in [3.05, 3.63) is 24.3 Å². The monoisotopic (exact) mass is 277 g/mol. The van der Waals surface area contributed by atoms with Crippen LogP contribution >= 0.6 is 0 Å². The standard InChI is InChI=1S/C15H23N3O2/c1-2-18(9-10-19)14-5-3-13(4-6-14)17-15(20)12-7-8-16-11-12/h3-6,12,16,19H,2,7-11H2,1H3,(H,17,20). The molecule has 1 unspecified atom stereocenters. The van der Waals surface area contributed by atoms with Gasteiger partial charge in [0.25, 0.3) is 0 Å². The number of carbonyl (C=O) groups is 1. The Hall–Kier alpha value is -1.59. The van der Waals surface area contributed by atoms with Gasteiger partial charge in [0, 0.05) is 31.0 Å². The van der Waals surface area contributed by atoms with Crippen LogP contribution in [0.4, 0.5) is 11.4 Å². The lowest BCUT2D eigenvalue weighted by atomic mass is 10.1. The SMILES string of the molecule is CCN(CCO)c1ccc(NC(=O)C2CCNC2)cc1. The number of anilines is 2. The number of nitrogens with zero attached hydrogens (tertiary/aromatic N) is 1. The van der Waals surface area contributed by atoms with Crippen LogP contribution in [0.2, 0.25) is 0 Å². The van der Waals surface area contributed by atoms with Crippen molar-refractivity contribution in [2.45, 2.75) is 13.3 Å². The molecule has 1 fully saturated rings. The van der Waals surface area contributed by atoms with Gasteiger partial charge in [-0.05, 0) is 44.2 Å². The van der Waals surface area contributed by atoms with Gasteiger partial charge in [-0.3, -0.25) is 4.79 Å². The van der Waals surface area contributed by atoms with Gasteiger partial charge in [-0.1, -0.05) is 0 Å². The molecule has 5 heteroatoms. The Morgan fingerprint density at radius 1 is 1.45 bits per heavy atom. The first-order chi connectivity index (χ1) is 9.74. The summed E-state index contributed by atoms with van der Waals surface area (Å²) in [5.41, 5.74) is 1.88. The molecule has 0 spiro atoms. The van der Waals surface area contributed by atoms with Crippen molar-refractivity contribution in [1.82, 2.24) is 5.32 Å². The molecule has 0 saturated carbocycles. The van der Waals surface area contributed by atoms with E-state index in [0.29, 0.717) is 6.54 Å². The number of carbonyl (C=O) groups excluding carboxylic acids is 1. The Morgan fingerprint density at radius 3 is 2.75 bits per heavy atom. The van der Waals surface area contributed by atoms with Crippen molar-refractivity contribution in [1.29, 1.82) is 0 Å². The summed E-state index contributed by atoms with van der Waals surface area (Å²) in [6, 6.07) is 7.77. The quantitative estimate of drug-likeness (QED) is 0.727. The lowest BCUT2D eigenvalue weighted by molar-refractivity contribution is -0.119. The Balaban J connectivity index is 1.95. The second-order valence-electron chi connectivity index (χ2n) is 5.03. The molecule has 0 aromatic heterocycles. The zero-order valence-corrected chi connectivity index (χ0v) is 11.9. The Morgan fingerprint density at radius 2 is 2.20 bits per heavy atom. The first kappa shape index (κ1) is 14.8. The molecule has 1 aromatic rings. The second kappa shape index (κ2) is 7.26. The van der Waals surface area contributed by atoms with Gasteiger partial charge in [-0.25, -0.2) is 0 Å². The van der Waals surface area contributed by atoms with Crippen molar-refractivity contribution in [2.24, 2.45) is 5.92 Å². The normalized spacial score (nSPS) is 18.0. The van der Waals surface area contributed by atoms with Crippen LogP contribution in [-0.2, 0) is 4.79 Å². The summed E-state index contributed by atoms with van der Waals surface area (Å²) >= 11 is 0. The molecule has 1 heterocycles. The van der Waals surface area contributed by atoms with Crippen LogP contribution < -0.4 is 15.5 Å². The van der Waals surface area contributed by atoms with Gasteiger partial charge in [0.1, 0.15) is 0 Å². The van der Waals surface area contributed by atoms with E-state index in [1.165, 1.54) is 0 Å². The zero-order valence-electron chi connectivity index (χ0n) is 11.9. The molecule has 2 rings (SSSR count). The fourth-order valence-corrected chi connectivity index (χ4v) is 2.47. The summed E-state index contributed by atoms with van der Waals surface area (Å²) in [5, 5.41) is 15.2. The van der Waals surface area contributed by atoms with Crippen molar-refractivity contribution in [3.8, 4) is 0 Å². The number of amides is 1. The highest BCUT2D eigenvalue weighted by atomic mass is 16.3. The van der Waals surface area contributed by atoms with Crippen LogP contribution in [0.1, 0.15) is 13.3 Å². The predicted molar refractivity (Wildman–Crippen MR) is 81.0 cm³/mol. The van der Waals surface area contributed by atoms with Crippen molar-refractivity contribution in [2.75, 3.05) is 43.0 Å². The van der Waals surface area contributed by atoms with E-state index in [-0.39, 0.29) is 18.4 Å². The first-order valence-corrected chi connectivity index (χ1v) is 7.22. The van der Waals surface area contributed by atoms with Crippen LogP contribution in [0.5, 0.6) is 0 Å². The van der Waals surface area contributed by atoms with E-state index < -0.39 is 0 Å². The van der Waals surface area contributed by atoms with E-state index in [9.17, 15) is 4.79 Å². The number of rotatable bonds is 6. The molecule has 1 aliphatic rings. The topological polar surface area (TPSA) is 64.6 Å². The fourth-order valence-electron chi connectivity index (χ4n) is 2.47. The van der Waals surface area contributed by atoms with E-state index in [1.54, 1.807) is 0 Å². The highest BCUT2D eigenvalue weighted by molar-refractivity contribution is 5.93. The number of aliphatic hydroxyl groups excluding tert-OH is 1. The fraction of sp³-hybridized carbons (Fsp3) is 0.533. The largest absolute Gasteiger partial charge is 0.395 e. The van der Waals surface area contributed by atoms with Gasteiger partial charge < -0.3 is 20.6 Å². The maximum atomic E-state index is 12.0. The number of hydrogen-bond acceptors (Lipinski definition) is 4. The van der Waals surface area contributed by atoms with Crippen LogP contribution in [0, 0.1) is 5.92 Å². The minimum Gasteiger partial charge on any atom is -0.395 e. The predicted octanol–water partition coefficient (Wildman–Crippen LogP) is 1.05. The lowest BCUT2D eigenvalue weighted by Crippen LogP contribution is -2.26. The van der Waals surface area contributed by atoms with Crippen LogP contribution in [0.3, 0.4) is 0 Å².